The Hall–Kier alpha value is -0.780. The van der Waals surface area contributed by atoms with E-state index in [-0.39, 0.29) is 0 Å². The highest BCUT2D eigenvalue weighted by molar-refractivity contribution is 5.53. The summed E-state index contributed by atoms with van der Waals surface area (Å²) in [5, 5.41) is 0. The van der Waals surface area contributed by atoms with Crippen LogP contribution < -0.4 is 0 Å². The second kappa shape index (κ2) is 27.7. The highest BCUT2D eigenvalue weighted by atomic mass is 14.3. The molecule has 0 nitrogen and oxygen atoms in total. The summed E-state index contributed by atoms with van der Waals surface area (Å²) in [6.45, 7) is 14.2. The smallest absolute Gasteiger partial charge is 0.0273 e. The molecule has 0 bridgehead atoms. The summed E-state index contributed by atoms with van der Waals surface area (Å²) < 4.78 is 0. The van der Waals surface area contributed by atoms with Crippen LogP contribution in [0.15, 0.2) is 0 Å². The predicted molar refractivity (Wildman–Crippen MR) is 194 cm³/mol. The van der Waals surface area contributed by atoms with Crippen molar-refractivity contribution in [3.05, 3.63) is 33.4 Å². The lowest BCUT2D eigenvalue weighted by molar-refractivity contribution is 0.612. The Kier molecular flexibility index (Phi) is 25.9. The molecule has 1 rings (SSSR count). The van der Waals surface area contributed by atoms with Gasteiger partial charge in [-0.05, 0) is 110 Å². The summed E-state index contributed by atoms with van der Waals surface area (Å²) in [6, 6.07) is 0. The van der Waals surface area contributed by atoms with E-state index >= 15 is 0 Å². The fraction of sp³-hybridized carbons (Fsp3) is 0.857. The summed E-state index contributed by atoms with van der Waals surface area (Å²) >= 11 is 0. The molecule has 0 saturated carbocycles. The van der Waals surface area contributed by atoms with Crippen LogP contribution in [-0.2, 0) is 38.5 Å². The normalized spacial score (nSPS) is 11.6. The first kappa shape index (κ1) is 39.2. The van der Waals surface area contributed by atoms with Crippen LogP contribution >= 0.6 is 0 Å². The first-order valence-corrected chi connectivity index (χ1v) is 19.9. The maximum atomic E-state index is 2.37. The minimum absolute atomic E-state index is 1.34. The van der Waals surface area contributed by atoms with Crippen LogP contribution in [0.2, 0.25) is 0 Å². The van der Waals surface area contributed by atoms with Crippen molar-refractivity contribution in [2.24, 2.45) is 0 Å². The van der Waals surface area contributed by atoms with Crippen molar-refractivity contribution in [3.8, 4) is 0 Å². The molecule has 0 aromatic heterocycles. The highest BCUT2D eigenvalue weighted by Gasteiger charge is 2.23. The lowest BCUT2D eigenvalue weighted by atomic mass is 9.77. The van der Waals surface area contributed by atoms with Crippen molar-refractivity contribution >= 4 is 0 Å². The molecule has 0 heterocycles. The largest absolute Gasteiger partial charge is 0.0654 e. The van der Waals surface area contributed by atoms with Gasteiger partial charge in [-0.25, -0.2) is 0 Å². The molecule has 0 heteroatoms. The molecular weight excluding hydrogens is 504 g/mol. The van der Waals surface area contributed by atoms with E-state index < -0.39 is 0 Å². The molecule has 0 fully saturated rings. The maximum absolute atomic E-state index is 2.37. The van der Waals surface area contributed by atoms with Crippen LogP contribution in [0.3, 0.4) is 0 Å². The average molecular weight is 583 g/mol. The number of hydrogen-bond donors (Lipinski definition) is 0. The van der Waals surface area contributed by atoms with Gasteiger partial charge in [-0.1, -0.05) is 157 Å². The highest BCUT2D eigenvalue weighted by Crippen LogP contribution is 2.36. The van der Waals surface area contributed by atoms with Crippen LogP contribution in [0, 0.1) is 0 Å². The van der Waals surface area contributed by atoms with E-state index in [1.165, 1.54) is 193 Å². The minimum Gasteiger partial charge on any atom is -0.0654 e. The number of benzene rings is 1. The molecule has 0 radical (unpaired) electrons. The number of rotatable bonds is 30. The Morgan fingerprint density at radius 2 is 0.333 bits per heavy atom. The third-order valence-corrected chi connectivity index (χ3v) is 9.87. The quantitative estimate of drug-likeness (QED) is 0.0791. The van der Waals surface area contributed by atoms with Crippen molar-refractivity contribution in [2.75, 3.05) is 0 Å². The zero-order valence-corrected chi connectivity index (χ0v) is 30.2. The lowest BCUT2D eigenvalue weighted by Crippen LogP contribution is -2.15. The van der Waals surface area contributed by atoms with E-state index in [0.29, 0.717) is 0 Å². The summed E-state index contributed by atoms with van der Waals surface area (Å²) in [7, 11) is 0. The van der Waals surface area contributed by atoms with Crippen molar-refractivity contribution in [1.82, 2.24) is 0 Å². The molecule has 0 aliphatic carbocycles. The van der Waals surface area contributed by atoms with E-state index in [0.717, 1.165) is 0 Å². The van der Waals surface area contributed by atoms with Gasteiger partial charge in [0.2, 0.25) is 0 Å². The number of unbranched alkanes of at least 4 members (excludes halogenated alkanes) is 18. The third-order valence-electron chi connectivity index (χ3n) is 9.87. The zero-order chi connectivity index (χ0) is 30.7. The summed E-state index contributed by atoms with van der Waals surface area (Å²) in [5.74, 6) is 0. The van der Waals surface area contributed by atoms with E-state index in [2.05, 4.69) is 41.5 Å². The van der Waals surface area contributed by atoms with E-state index in [1.54, 1.807) is 0 Å². The van der Waals surface area contributed by atoms with E-state index in [9.17, 15) is 0 Å². The van der Waals surface area contributed by atoms with Crippen LogP contribution in [0.5, 0.6) is 0 Å². The minimum atomic E-state index is 1.34. The van der Waals surface area contributed by atoms with Gasteiger partial charge in [0.05, 0.1) is 0 Å². The van der Waals surface area contributed by atoms with Gasteiger partial charge in [0.15, 0.2) is 0 Å². The molecule has 1 aromatic rings. The second-order valence-electron chi connectivity index (χ2n) is 13.7. The fourth-order valence-corrected chi connectivity index (χ4v) is 7.27. The van der Waals surface area contributed by atoms with Gasteiger partial charge in [-0.15, -0.1) is 0 Å². The summed E-state index contributed by atoms with van der Waals surface area (Å²) in [5.41, 5.74) is 11.3. The molecule has 0 saturated heterocycles. The monoisotopic (exact) mass is 583 g/mol. The Bertz CT molecular complexity index is 558. The van der Waals surface area contributed by atoms with Crippen molar-refractivity contribution in [2.45, 2.75) is 234 Å². The van der Waals surface area contributed by atoms with Crippen LogP contribution in [0.25, 0.3) is 0 Å². The van der Waals surface area contributed by atoms with Gasteiger partial charge in [0.25, 0.3) is 0 Å². The Morgan fingerprint density at radius 1 is 0.190 bits per heavy atom. The maximum Gasteiger partial charge on any atom is -0.0273 e. The molecule has 0 amide bonds. The third kappa shape index (κ3) is 16.3. The average Bonchev–Trinajstić information content (AvgIpc) is 3.00. The van der Waals surface area contributed by atoms with Gasteiger partial charge in [0, 0.05) is 0 Å². The molecule has 0 spiro atoms. The molecule has 0 aliphatic rings. The Labute approximate surface area is 267 Å². The topological polar surface area (TPSA) is 0 Å². The second-order valence-corrected chi connectivity index (χ2v) is 13.7. The molecular formula is C42H78. The lowest BCUT2D eigenvalue weighted by Gasteiger charge is -2.28. The standard InChI is InChI=1S/C42H78/c1-7-13-19-25-31-37-38(32-26-20-14-8-2)40(34-28-22-16-10-4)42(36-30-24-18-12-6)41(35-29-23-17-11-5)39(37)33-27-21-15-9-3/h7-36H2,1-6H3. The summed E-state index contributed by atoms with van der Waals surface area (Å²) in [6.07, 6.45) is 41.5. The molecule has 1 aromatic carbocycles. The van der Waals surface area contributed by atoms with Gasteiger partial charge >= 0.3 is 0 Å². The Balaban J connectivity index is 3.74. The van der Waals surface area contributed by atoms with Gasteiger partial charge in [-0.2, -0.15) is 0 Å². The van der Waals surface area contributed by atoms with Gasteiger partial charge in [0.1, 0.15) is 0 Å². The molecule has 246 valence electrons. The van der Waals surface area contributed by atoms with Crippen molar-refractivity contribution < 1.29 is 0 Å². The first-order chi connectivity index (χ1) is 20.7. The molecule has 0 aliphatic heterocycles. The molecule has 42 heavy (non-hydrogen) atoms. The van der Waals surface area contributed by atoms with Crippen LogP contribution in [-0.4, -0.2) is 0 Å². The predicted octanol–water partition coefficient (Wildman–Crippen LogP) is 14.4. The van der Waals surface area contributed by atoms with E-state index in [1.807, 2.05) is 33.4 Å². The van der Waals surface area contributed by atoms with Crippen LogP contribution in [0.1, 0.15) is 229 Å². The SMILES string of the molecule is CCCCCCc1c(CCCCCC)c(CCCCCC)c(CCCCCC)c(CCCCCC)c1CCCCCC. The molecule has 0 unspecified atom stereocenters. The van der Waals surface area contributed by atoms with Crippen LogP contribution in [0.4, 0.5) is 0 Å². The molecule has 0 atom stereocenters. The molecule has 0 N–H and O–H groups in total. The van der Waals surface area contributed by atoms with Gasteiger partial charge in [-0.3, -0.25) is 0 Å². The summed E-state index contributed by atoms with van der Waals surface area (Å²) in [4.78, 5) is 0. The Morgan fingerprint density at radius 3 is 0.452 bits per heavy atom. The zero-order valence-electron chi connectivity index (χ0n) is 30.2. The first-order valence-electron chi connectivity index (χ1n) is 19.9. The number of hydrogen-bond acceptors (Lipinski definition) is 0. The van der Waals surface area contributed by atoms with Crippen molar-refractivity contribution in [3.63, 3.8) is 0 Å². The van der Waals surface area contributed by atoms with E-state index in [4.69, 9.17) is 0 Å². The fourth-order valence-electron chi connectivity index (χ4n) is 7.27. The van der Waals surface area contributed by atoms with Gasteiger partial charge < -0.3 is 0 Å². The van der Waals surface area contributed by atoms with Crippen molar-refractivity contribution in [1.29, 1.82) is 0 Å².